The standard InChI is InChI=1S/C18H30N4O3S/c1-13(2)7-8-22-16(10-19-18(22)26(23,24)14(3)4)11-21(6)12-17-9-15(5)20-25-17/h9-10,13-14H,7-8,11-12H2,1-6H3. The van der Waals surface area contributed by atoms with Gasteiger partial charge in [-0.25, -0.2) is 13.4 Å². The monoisotopic (exact) mass is 382 g/mol. The normalized spacial score (nSPS) is 12.7. The summed E-state index contributed by atoms with van der Waals surface area (Å²) in [6, 6.07) is 1.90. The van der Waals surface area contributed by atoms with E-state index in [1.807, 2.05) is 24.6 Å². The predicted octanol–water partition coefficient (Wildman–Crippen LogP) is 3.04. The lowest BCUT2D eigenvalue weighted by Gasteiger charge is -2.18. The zero-order chi connectivity index (χ0) is 19.5. The molecule has 0 fully saturated rings. The summed E-state index contributed by atoms with van der Waals surface area (Å²) in [5, 5.41) is 3.58. The Morgan fingerprint density at radius 3 is 2.46 bits per heavy atom. The van der Waals surface area contributed by atoms with Crippen molar-refractivity contribution < 1.29 is 12.9 Å². The molecular formula is C18H30N4O3S. The number of hydrogen-bond donors (Lipinski definition) is 0. The number of aromatic nitrogens is 3. The van der Waals surface area contributed by atoms with Crippen molar-refractivity contribution in [3.63, 3.8) is 0 Å². The Hall–Kier alpha value is -1.67. The van der Waals surface area contributed by atoms with Crippen molar-refractivity contribution >= 4 is 9.84 Å². The number of rotatable bonds is 9. The lowest BCUT2D eigenvalue weighted by atomic mass is 10.1. The van der Waals surface area contributed by atoms with E-state index in [4.69, 9.17) is 4.52 Å². The molecule has 0 amide bonds. The largest absolute Gasteiger partial charge is 0.360 e. The van der Waals surface area contributed by atoms with Gasteiger partial charge in [0.15, 0.2) is 5.76 Å². The second kappa shape index (κ2) is 8.35. The van der Waals surface area contributed by atoms with Crippen molar-refractivity contribution in [3.05, 3.63) is 29.4 Å². The van der Waals surface area contributed by atoms with E-state index in [1.54, 1.807) is 20.0 Å². The van der Waals surface area contributed by atoms with Gasteiger partial charge in [-0.05, 0) is 40.2 Å². The van der Waals surface area contributed by atoms with Gasteiger partial charge in [0.1, 0.15) is 0 Å². The molecule has 0 aliphatic carbocycles. The quantitative estimate of drug-likeness (QED) is 0.663. The van der Waals surface area contributed by atoms with Crippen LogP contribution in [0.25, 0.3) is 0 Å². The maximum absolute atomic E-state index is 12.7. The van der Waals surface area contributed by atoms with E-state index in [1.165, 1.54) is 0 Å². The van der Waals surface area contributed by atoms with Crippen LogP contribution >= 0.6 is 0 Å². The first-order chi connectivity index (χ1) is 12.1. The molecule has 0 aromatic carbocycles. The van der Waals surface area contributed by atoms with Gasteiger partial charge in [-0.3, -0.25) is 4.90 Å². The highest BCUT2D eigenvalue weighted by Crippen LogP contribution is 2.20. The number of aryl methyl sites for hydroxylation is 1. The van der Waals surface area contributed by atoms with Crippen LogP contribution in [0.15, 0.2) is 21.9 Å². The van der Waals surface area contributed by atoms with E-state index in [0.29, 0.717) is 25.6 Å². The van der Waals surface area contributed by atoms with Crippen LogP contribution in [0, 0.1) is 12.8 Å². The minimum Gasteiger partial charge on any atom is -0.360 e. The van der Waals surface area contributed by atoms with Crippen LogP contribution in [0.1, 0.15) is 51.3 Å². The molecule has 7 nitrogen and oxygen atoms in total. The fraction of sp³-hybridized carbons (Fsp3) is 0.667. The van der Waals surface area contributed by atoms with Gasteiger partial charge in [-0.2, -0.15) is 0 Å². The number of hydrogen-bond acceptors (Lipinski definition) is 6. The maximum Gasteiger partial charge on any atom is 0.228 e. The van der Waals surface area contributed by atoms with Crippen LogP contribution in [0.2, 0.25) is 0 Å². The minimum atomic E-state index is -3.42. The molecule has 0 unspecified atom stereocenters. The Morgan fingerprint density at radius 2 is 1.92 bits per heavy atom. The summed E-state index contributed by atoms with van der Waals surface area (Å²) < 4.78 is 32.5. The summed E-state index contributed by atoms with van der Waals surface area (Å²) in [4.78, 5) is 6.33. The topological polar surface area (TPSA) is 81.2 Å². The molecule has 26 heavy (non-hydrogen) atoms. The Morgan fingerprint density at radius 1 is 1.23 bits per heavy atom. The fourth-order valence-electron chi connectivity index (χ4n) is 2.67. The van der Waals surface area contributed by atoms with Gasteiger partial charge < -0.3 is 9.09 Å². The Labute approximate surface area is 156 Å². The van der Waals surface area contributed by atoms with Crippen molar-refractivity contribution in [1.29, 1.82) is 0 Å². The predicted molar refractivity (Wildman–Crippen MR) is 100 cm³/mol. The maximum atomic E-state index is 12.7. The van der Waals surface area contributed by atoms with Gasteiger partial charge >= 0.3 is 0 Å². The summed E-state index contributed by atoms with van der Waals surface area (Å²) in [6.45, 7) is 11.3. The lowest BCUT2D eigenvalue weighted by molar-refractivity contribution is 0.259. The Kier molecular flexibility index (Phi) is 6.63. The third-order valence-corrected chi connectivity index (χ3v) is 6.32. The number of sulfone groups is 1. The molecule has 2 heterocycles. The summed E-state index contributed by atoms with van der Waals surface area (Å²) in [7, 11) is -1.45. The van der Waals surface area contributed by atoms with Crippen LogP contribution < -0.4 is 0 Å². The molecule has 0 radical (unpaired) electrons. The molecule has 2 aromatic heterocycles. The van der Waals surface area contributed by atoms with Gasteiger partial charge in [-0.1, -0.05) is 19.0 Å². The van der Waals surface area contributed by atoms with Gasteiger partial charge in [0.05, 0.1) is 29.4 Å². The van der Waals surface area contributed by atoms with Crippen LogP contribution in [0.5, 0.6) is 0 Å². The first-order valence-corrected chi connectivity index (χ1v) is 10.5. The third kappa shape index (κ3) is 4.94. The molecule has 8 heteroatoms. The first-order valence-electron chi connectivity index (χ1n) is 9.00. The molecule has 0 N–H and O–H groups in total. The summed E-state index contributed by atoms with van der Waals surface area (Å²) in [6.07, 6.45) is 2.58. The molecule has 0 atom stereocenters. The summed E-state index contributed by atoms with van der Waals surface area (Å²) in [5.41, 5.74) is 1.74. The third-order valence-electron chi connectivity index (χ3n) is 4.24. The summed E-state index contributed by atoms with van der Waals surface area (Å²) in [5.74, 6) is 1.27. The van der Waals surface area contributed by atoms with E-state index in [-0.39, 0.29) is 5.16 Å². The SMILES string of the molecule is Cc1cc(CN(C)Cc2cnc(S(=O)(=O)C(C)C)n2CCC(C)C)on1. The highest BCUT2D eigenvalue weighted by Gasteiger charge is 2.27. The van der Waals surface area contributed by atoms with E-state index in [9.17, 15) is 8.42 Å². The van der Waals surface area contributed by atoms with Gasteiger partial charge in [0, 0.05) is 19.2 Å². The average Bonchev–Trinajstić information content (AvgIpc) is 3.11. The Balaban J connectivity index is 2.25. The van der Waals surface area contributed by atoms with Crippen molar-refractivity contribution in [2.75, 3.05) is 7.05 Å². The molecule has 0 bridgehead atoms. The fourth-order valence-corrected chi connectivity index (χ4v) is 3.81. The molecular weight excluding hydrogens is 352 g/mol. The van der Waals surface area contributed by atoms with Crippen LogP contribution in [0.3, 0.4) is 0 Å². The molecule has 0 aliphatic rings. The van der Waals surface area contributed by atoms with E-state index in [2.05, 4.69) is 28.9 Å². The van der Waals surface area contributed by atoms with Crippen molar-refractivity contribution in [1.82, 2.24) is 19.6 Å². The number of imidazole rings is 1. The minimum absolute atomic E-state index is 0.173. The first kappa shape index (κ1) is 20.6. The number of nitrogens with zero attached hydrogens (tertiary/aromatic N) is 4. The average molecular weight is 383 g/mol. The summed E-state index contributed by atoms with van der Waals surface area (Å²) >= 11 is 0. The zero-order valence-corrected chi connectivity index (χ0v) is 17.4. The van der Waals surface area contributed by atoms with Gasteiger partial charge in [-0.15, -0.1) is 0 Å². The lowest BCUT2D eigenvalue weighted by Crippen LogP contribution is -2.23. The molecule has 146 valence electrons. The van der Waals surface area contributed by atoms with Crippen LogP contribution in [-0.4, -0.2) is 40.3 Å². The van der Waals surface area contributed by atoms with E-state index < -0.39 is 15.1 Å². The Bertz CT molecular complexity index is 821. The van der Waals surface area contributed by atoms with Gasteiger partial charge in [0.25, 0.3) is 0 Å². The van der Waals surface area contributed by atoms with E-state index >= 15 is 0 Å². The molecule has 0 aliphatic heterocycles. The smallest absolute Gasteiger partial charge is 0.228 e. The molecule has 2 aromatic rings. The van der Waals surface area contributed by atoms with Crippen molar-refractivity contribution in [2.45, 2.75) is 71.1 Å². The molecule has 0 saturated carbocycles. The molecule has 0 saturated heterocycles. The van der Waals surface area contributed by atoms with Crippen molar-refractivity contribution in [2.24, 2.45) is 5.92 Å². The molecule has 0 spiro atoms. The second-order valence-corrected chi connectivity index (χ2v) is 9.96. The molecule has 2 rings (SSSR count). The second-order valence-electron chi connectivity index (χ2n) is 7.57. The van der Waals surface area contributed by atoms with Gasteiger partial charge in [0.2, 0.25) is 15.0 Å². The van der Waals surface area contributed by atoms with Crippen LogP contribution in [0.4, 0.5) is 0 Å². The highest BCUT2D eigenvalue weighted by molar-refractivity contribution is 7.91. The zero-order valence-electron chi connectivity index (χ0n) is 16.6. The van der Waals surface area contributed by atoms with Crippen LogP contribution in [-0.2, 0) is 29.5 Å². The van der Waals surface area contributed by atoms with E-state index in [0.717, 1.165) is 23.6 Å². The van der Waals surface area contributed by atoms with Crippen molar-refractivity contribution in [3.8, 4) is 0 Å². The highest BCUT2D eigenvalue weighted by atomic mass is 32.2.